The molecule has 6 rings (SSSR count). The monoisotopic (exact) mass is 654 g/mol. The number of aromatic amines is 1. The molecular weight excluding hydrogens is 624 g/mol. The van der Waals surface area contributed by atoms with E-state index >= 15 is 0 Å². The van der Waals surface area contributed by atoms with Crippen LogP contribution in [0.3, 0.4) is 0 Å². The molecule has 0 saturated heterocycles. The number of carbonyl (C=O) groups is 1. The van der Waals surface area contributed by atoms with Gasteiger partial charge in [-0.1, -0.05) is 59.3 Å². The van der Waals surface area contributed by atoms with Crippen LogP contribution in [0.4, 0.5) is 0 Å². The number of thiazole rings is 1. The van der Waals surface area contributed by atoms with E-state index in [1.54, 1.807) is 12.1 Å². The van der Waals surface area contributed by atoms with Gasteiger partial charge >= 0.3 is 4.87 Å². The lowest BCUT2D eigenvalue weighted by atomic mass is 10.1. The molecule has 3 N–H and O–H groups in total. The van der Waals surface area contributed by atoms with Gasteiger partial charge in [0, 0.05) is 31.1 Å². The molecule has 0 fully saturated rings. The van der Waals surface area contributed by atoms with Crippen molar-refractivity contribution in [3.05, 3.63) is 133 Å². The van der Waals surface area contributed by atoms with Gasteiger partial charge in [-0.15, -0.1) is 0 Å². The number of aryl methyl sites for hydroxylation is 1. The van der Waals surface area contributed by atoms with E-state index in [4.69, 9.17) is 26.1 Å². The molecule has 0 aliphatic carbocycles. The molecule has 234 valence electrons. The molecule has 0 unspecified atom stereocenters. The number of ether oxygens (including phenoxy) is 2. The van der Waals surface area contributed by atoms with Crippen molar-refractivity contribution >= 4 is 39.9 Å². The third-order valence-electron chi connectivity index (χ3n) is 7.45. The van der Waals surface area contributed by atoms with Crippen LogP contribution in [0.1, 0.15) is 27.4 Å². The van der Waals surface area contributed by atoms with Gasteiger partial charge in [0.2, 0.25) is 11.8 Å². The summed E-state index contributed by atoms with van der Waals surface area (Å²) in [4.78, 5) is 31.1. The van der Waals surface area contributed by atoms with Gasteiger partial charge in [0.25, 0.3) is 0 Å². The lowest BCUT2D eigenvalue weighted by Crippen LogP contribution is -2.27. The molecule has 0 atom stereocenters. The largest absolute Gasteiger partial charge is 0.494 e. The van der Waals surface area contributed by atoms with Crippen LogP contribution in [-0.2, 0) is 37.7 Å². The summed E-state index contributed by atoms with van der Waals surface area (Å²) in [5.41, 5.74) is 4.69. The highest BCUT2D eigenvalue weighted by molar-refractivity contribution is 7.09. The van der Waals surface area contributed by atoms with Crippen molar-refractivity contribution in [3.63, 3.8) is 0 Å². The number of rotatable bonds is 12. The Hall–Kier alpha value is -5.06. The van der Waals surface area contributed by atoms with Gasteiger partial charge in [-0.2, -0.15) is 0 Å². The first-order valence-corrected chi connectivity index (χ1v) is 15.8. The molecule has 1 amide bonds. The predicted octanol–water partition coefficient (Wildman–Crippen LogP) is 6.55. The Labute approximate surface area is 274 Å². The first-order chi connectivity index (χ1) is 22.3. The van der Waals surface area contributed by atoms with E-state index < -0.39 is 0 Å². The Morgan fingerprint density at radius 3 is 2.43 bits per heavy atom. The summed E-state index contributed by atoms with van der Waals surface area (Å²) in [6.07, 6.45) is 1.46. The number of imidazole rings is 1. The molecule has 46 heavy (non-hydrogen) atoms. The molecule has 11 heteroatoms. The SMILES string of the molecule is Cn1c(COc2ccc(Cc3sc(=O)[nH]c3O)cc2)nc2ccc(Oc3ccc(CCNC(=O)Cc4cccc(Cl)c4)cc3)cc21. The summed E-state index contributed by atoms with van der Waals surface area (Å²) >= 11 is 7.01. The Balaban J connectivity index is 1.00. The van der Waals surface area contributed by atoms with Gasteiger partial charge in [-0.25, -0.2) is 4.98 Å². The third-order valence-corrected chi connectivity index (χ3v) is 8.56. The maximum absolute atomic E-state index is 12.3. The van der Waals surface area contributed by atoms with Gasteiger partial charge in [-0.05, 0) is 71.6 Å². The molecule has 0 aliphatic rings. The summed E-state index contributed by atoms with van der Waals surface area (Å²) in [6, 6.07) is 28.5. The van der Waals surface area contributed by atoms with E-state index in [0.717, 1.165) is 44.9 Å². The van der Waals surface area contributed by atoms with Crippen LogP contribution < -0.4 is 19.7 Å². The zero-order valence-corrected chi connectivity index (χ0v) is 26.5. The smallest absolute Gasteiger partial charge is 0.307 e. The summed E-state index contributed by atoms with van der Waals surface area (Å²) in [5, 5.41) is 13.4. The molecule has 0 spiro atoms. The maximum Gasteiger partial charge on any atom is 0.307 e. The van der Waals surface area contributed by atoms with E-state index in [2.05, 4.69) is 10.3 Å². The zero-order chi connectivity index (χ0) is 32.0. The Bertz CT molecular complexity index is 2030. The Kier molecular flexibility index (Phi) is 9.37. The number of H-pyrrole nitrogens is 1. The minimum atomic E-state index is -0.273. The second-order valence-electron chi connectivity index (χ2n) is 10.8. The summed E-state index contributed by atoms with van der Waals surface area (Å²) in [5.74, 6) is 2.74. The average Bonchev–Trinajstić information content (AvgIpc) is 3.53. The van der Waals surface area contributed by atoms with Gasteiger partial charge in [-0.3, -0.25) is 14.6 Å². The standard InChI is InChI=1S/C35H31ClN4O5S/c1-40-30-20-28(45-27-11-5-22(6-12-27)15-16-37-33(41)19-24-3-2-4-25(36)17-24)13-14-29(30)38-32(40)21-44-26-9-7-23(8-10-26)18-31-34(42)39-35(43)46-31/h2-14,17,20,42H,15-16,18-19,21H2,1H3,(H,37,41)(H,39,43). The number of hydrogen-bond acceptors (Lipinski definition) is 7. The van der Waals surface area contributed by atoms with Crippen LogP contribution in [0, 0.1) is 0 Å². The van der Waals surface area contributed by atoms with Crippen molar-refractivity contribution in [2.45, 2.75) is 25.9 Å². The Morgan fingerprint density at radius 2 is 1.70 bits per heavy atom. The number of carbonyl (C=O) groups excluding carboxylic acids is 1. The number of fused-ring (bicyclic) bond motifs is 1. The number of nitrogens with zero attached hydrogens (tertiary/aromatic N) is 2. The number of aromatic hydroxyl groups is 1. The van der Waals surface area contributed by atoms with Gasteiger partial charge < -0.3 is 24.5 Å². The van der Waals surface area contributed by atoms with Crippen molar-refractivity contribution in [3.8, 4) is 23.1 Å². The lowest BCUT2D eigenvalue weighted by molar-refractivity contribution is -0.120. The minimum absolute atomic E-state index is 0.0374. The van der Waals surface area contributed by atoms with E-state index in [0.29, 0.717) is 53.0 Å². The topological polar surface area (TPSA) is 118 Å². The summed E-state index contributed by atoms with van der Waals surface area (Å²) in [7, 11) is 1.94. The second-order valence-corrected chi connectivity index (χ2v) is 12.3. The number of amides is 1. The fraction of sp³-hybridized carbons (Fsp3) is 0.171. The van der Waals surface area contributed by atoms with Gasteiger partial charge in [0.15, 0.2) is 0 Å². The van der Waals surface area contributed by atoms with Gasteiger partial charge in [0.1, 0.15) is 29.7 Å². The third kappa shape index (κ3) is 7.77. The maximum atomic E-state index is 12.3. The van der Waals surface area contributed by atoms with Crippen molar-refractivity contribution in [1.82, 2.24) is 19.9 Å². The summed E-state index contributed by atoms with van der Waals surface area (Å²) < 4.78 is 14.1. The van der Waals surface area contributed by atoms with Crippen LogP contribution in [0.15, 0.2) is 95.8 Å². The fourth-order valence-electron chi connectivity index (χ4n) is 5.02. The number of nitrogens with one attached hydrogen (secondary N) is 2. The number of halogens is 1. The van der Waals surface area contributed by atoms with Crippen LogP contribution in [0.5, 0.6) is 23.1 Å². The normalized spacial score (nSPS) is 11.1. The number of hydrogen-bond donors (Lipinski definition) is 3. The first kappa shape index (κ1) is 30.9. The molecule has 0 saturated carbocycles. The summed E-state index contributed by atoms with van der Waals surface area (Å²) in [6.45, 7) is 0.821. The van der Waals surface area contributed by atoms with E-state index in [1.807, 2.05) is 90.5 Å². The highest BCUT2D eigenvalue weighted by Gasteiger charge is 2.12. The number of aromatic nitrogens is 3. The molecule has 6 aromatic rings. The van der Waals surface area contributed by atoms with Crippen molar-refractivity contribution < 1.29 is 19.4 Å². The first-order valence-electron chi connectivity index (χ1n) is 14.6. The van der Waals surface area contributed by atoms with Crippen molar-refractivity contribution in [2.24, 2.45) is 7.05 Å². The lowest BCUT2D eigenvalue weighted by Gasteiger charge is -2.09. The highest BCUT2D eigenvalue weighted by Crippen LogP contribution is 2.27. The molecule has 0 radical (unpaired) electrons. The Morgan fingerprint density at radius 1 is 0.957 bits per heavy atom. The van der Waals surface area contributed by atoms with E-state index in [-0.39, 0.29) is 23.3 Å². The molecule has 4 aromatic carbocycles. The van der Waals surface area contributed by atoms with E-state index in [1.165, 1.54) is 0 Å². The van der Waals surface area contributed by atoms with Crippen LogP contribution >= 0.6 is 22.9 Å². The molecule has 0 aliphatic heterocycles. The van der Waals surface area contributed by atoms with Crippen molar-refractivity contribution in [2.75, 3.05) is 6.54 Å². The van der Waals surface area contributed by atoms with E-state index in [9.17, 15) is 14.7 Å². The predicted molar refractivity (Wildman–Crippen MR) is 179 cm³/mol. The molecule has 0 bridgehead atoms. The fourth-order valence-corrected chi connectivity index (χ4v) is 5.99. The minimum Gasteiger partial charge on any atom is -0.494 e. The average molecular weight is 655 g/mol. The molecule has 9 nitrogen and oxygen atoms in total. The van der Waals surface area contributed by atoms with Crippen molar-refractivity contribution in [1.29, 1.82) is 0 Å². The second kappa shape index (κ2) is 13.9. The molecule has 2 aromatic heterocycles. The number of benzene rings is 4. The quantitative estimate of drug-likeness (QED) is 0.138. The van der Waals surface area contributed by atoms with Crippen LogP contribution in [-0.4, -0.2) is 32.1 Å². The molecule has 2 heterocycles. The highest BCUT2D eigenvalue weighted by atomic mass is 35.5. The molecular formula is C35H31ClN4O5S. The zero-order valence-electron chi connectivity index (χ0n) is 25.0. The van der Waals surface area contributed by atoms with Crippen LogP contribution in [0.2, 0.25) is 5.02 Å². The van der Waals surface area contributed by atoms with Gasteiger partial charge in [0.05, 0.1) is 22.3 Å². The van der Waals surface area contributed by atoms with Crippen LogP contribution in [0.25, 0.3) is 11.0 Å².